The van der Waals surface area contributed by atoms with Gasteiger partial charge in [0, 0.05) is 18.5 Å². The van der Waals surface area contributed by atoms with Crippen LogP contribution in [0.1, 0.15) is 32.6 Å². The molecule has 0 aromatic rings. The van der Waals surface area contributed by atoms with E-state index in [1.165, 1.54) is 25.0 Å². The normalized spacial score (nSPS) is 24.9. The topological polar surface area (TPSA) is 29.5 Å². The highest BCUT2D eigenvalue weighted by Crippen LogP contribution is 2.20. The molecule has 0 spiro atoms. The van der Waals surface area contributed by atoms with E-state index in [1.807, 2.05) is 11.8 Å². The Kier molecular flexibility index (Phi) is 5.83. The molecule has 1 fully saturated rings. The van der Waals surface area contributed by atoms with Gasteiger partial charge in [-0.1, -0.05) is 6.92 Å². The van der Waals surface area contributed by atoms with Crippen LogP contribution >= 0.6 is 11.8 Å². The Balaban J connectivity index is 1.93. The lowest BCUT2D eigenvalue weighted by atomic mass is 10.2. The number of hydrogen-bond acceptors (Lipinski definition) is 3. The van der Waals surface area contributed by atoms with Gasteiger partial charge in [0.15, 0.2) is 0 Å². The number of aliphatic hydroxyl groups excluding tert-OH is 1. The average molecular weight is 204 g/mol. The van der Waals surface area contributed by atoms with Crippen LogP contribution in [-0.4, -0.2) is 35.4 Å². The Morgan fingerprint density at radius 2 is 2.46 bits per heavy atom. The second-order valence-electron chi connectivity index (χ2n) is 3.62. The second-order valence-corrected chi connectivity index (χ2v) is 5.16. The third-order valence-electron chi connectivity index (χ3n) is 2.40. The van der Waals surface area contributed by atoms with Crippen LogP contribution < -0.4 is 0 Å². The first-order chi connectivity index (χ1) is 6.33. The lowest BCUT2D eigenvalue weighted by Gasteiger charge is -2.12. The van der Waals surface area contributed by atoms with Crippen LogP contribution in [0.2, 0.25) is 0 Å². The van der Waals surface area contributed by atoms with E-state index in [2.05, 4.69) is 6.92 Å². The lowest BCUT2D eigenvalue weighted by molar-refractivity contribution is 0.109. The molecule has 1 aliphatic rings. The molecule has 0 aromatic carbocycles. The minimum Gasteiger partial charge on any atom is -0.396 e. The molecule has 2 atom stereocenters. The first kappa shape index (κ1) is 11.3. The maximum absolute atomic E-state index is 8.71. The highest BCUT2D eigenvalue weighted by Gasteiger charge is 2.15. The second kappa shape index (κ2) is 6.68. The zero-order chi connectivity index (χ0) is 9.52. The van der Waals surface area contributed by atoms with E-state index >= 15 is 0 Å². The highest BCUT2D eigenvalue weighted by atomic mass is 32.2. The zero-order valence-corrected chi connectivity index (χ0v) is 9.18. The van der Waals surface area contributed by atoms with E-state index in [1.54, 1.807) is 0 Å². The van der Waals surface area contributed by atoms with E-state index in [9.17, 15) is 0 Å². The summed E-state index contributed by atoms with van der Waals surface area (Å²) in [6, 6.07) is 0. The summed E-state index contributed by atoms with van der Waals surface area (Å²) in [7, 11) is 0. The van der Waals surface area contributed by atoms with E-state index < -0.39 is 0 Å². The van der Waals surface area contributed by atoms with Crippen LogP contribution in [0.15, 0.2) is 0 Å². The molecule has 1 aliphatic heterocycles. The maximum Gasteiger partial charge on any atom is 0.0583 e. The fraction of sp³-hybridized carbons (Fsp3) is 1.00. The molecule has 0 aliphatic carbocycles. The van der Waals surface area contributed by atoms with Crippen LogP contribution in [0.5, 0.6) is 0 Å². The van der Waals surface area contributed by atoms with Crippen molar-refractivity contribution < 1.29 is 9.84 Å². The predicted octanol–water partition coefficient (Wildman–Crippen LogP) is 2.06. The smallest absolute Gasteiger partial charge is 0.0583 e. The number of ether oxygens (including phenoxy) is 1. The molecule has 1 rings (SSSR count). The van der Waals surface area contributed by atoms with Gasteiger partial charge in [0.25, 0.3) is 0 Å². The molecule has 78 valence electrons. The Labute approximate surface area is 85.0 Å². The monoisotopic (exact) mass is 204 g/mol. The van der Waals surface area contributed by atoms with Gasteiger partial charge in [-0.05, 0) is 31.4 Å². The summed E-state index contributed by atoms with van der Waals surface area (Å²) in [5, 5.41) is 9.30. The molecular formula is C10H20O2S. The molecule has 0 aromatic heterocycles. The van der Waals surface area contributed by atoms with Gasteiger partial charge in [-0.2, -0.15) is 11.8 Å². The van der Waals surface area contributed by atoms with E-state index in [0.29, 0.717) is 18.0 Å². The Morgan fingerprint density at radius 3 is 3.08 bits per heavy atom. The van der Waals surface area contributed by atoms with Crippen LogP contribution in [0, 0.1) is 0 Å². The van der Waals surface area contributed by atoms with Crippen molar-refractivity contribution in [2.75, 3.05) is 19.0 Å². The molecule has 13 heavy (non-hydrogen) atoms. The van der Waals surface area contributed by atoms with Gasteiger partial charge in [0.2, 0.25) is 0 Å². The summed E-state index contributed by atoms with van der Waals surface area (Å²) in [6.45, 7) is 3.45. The summed E-state index contributed by atoms with van der Waals surface area (Å²) in [4.78, 5) is 0. The molecule has 2 unspecified atom stereocenters. The average Bonchev–Trinajstić information content (AvgIpc) is 2.57. The summed E-state index contributed by atoms with van der Waals surface area (Å²) in [5.41, 5.74) is 0. The van der Waals surface area contributed by atoms with Gasteiger partial charge in [-0.3, -0.25) is 0 Å². The predicted molar refractivity (Wildman–Crippen MR) is 57.2 cm³/mol. The van der Waals surface area contributed by atoms with Gasteiger partial charge in [-0.15, -0.1) is 0 Å². The third kappa shape index (κ3) is 4.89. The minimum atomic E-state index is 0.314. The van der Waals surface area contributed by atoms with Crippen molar-refractivity contribution in [3.05, 3.63) is 0 Å². The molecule has 0 radical (unpaired) electrons. The largest absolute Gasteiger partial charge is 0.396 e. The van der Waals surface area contributed by atoms with Crippen molar-refractivity contribution in [1.82, 2.24) is 0 Å². The summed E-state index contributed by atoms with van der Waals surface area (Å²) in [6.07, 6.45) is 5.10. The Bertz CT molecular complexity index is 124. The standard InChI is InChI=1S/C10H20O2S/c1-9(4-6-11)13-8-5-10-3-2-7-12-10/h9-11H,2-8H2,1H3. The summed E-state index contributed by atoms with van der Waals surface area (Å²) < 4.78 is 5.53. The van der Waals surface area contributed by atoms with Crippen LogP contribution in [0.3, 0.4) is 0 Å². The Morgan fingerprint density at radius 1 is 1.62 bits per heavy atom. The molecule has 1 N–H and O–H groups in total. The van der Waals surface area contributed by atoms with Gasteiger partial charge in [0.05, 0.1) is 6.10 Å². The molecule has 0 bridgehead atoms. The van der Waals surface area contributed by atoms with Crippen LogP contribution in [-0.2, 0) is 4.74 Å². The third-order valence-corrected chi connectivity index (χ3v) is 3.68. The number of thioether (sulfide) groups is 1. The number of hydrogen-bond donors (Lipinski definition) is 1. The van der Waals surface area contributed by atoms with Gasteiger partial charge < -0.3 is 9.84 Å². The van der Waals surface area contributed by atoms with E-state index in [0.717, 1.165) is 13.0 Å². The van der Waals surface area contributed by atoms with Crippen LogP contribution in [0.4, 0.5) is 0 Å². The highest BCUT2D eigenvalue weighted by molar-refractivity contribution is 7.99. The van der Waals surface area contributed by atoms with E-state index in [4.69, 9.17) is 9.84 Å². The SMILES string of the molecule is CC(CCO)SCCC1CCCO1. The van der Waals surface area contributed by atoms with Gasteiger partial charge in [-0.25, -0.2) is 0 Å². The molecule has 0 amide bonds. The summed E-state index contributed by atoms with van der Waals surface area (Å²) >= 11 is 1.95. The molecule has 3 heteroatoms. The van der Waals surface area contributed by atoms with E-state index in [-0.39, 0.29) is 0 Å². The fourth-order valence-corrected chi connectivity index (χ4v) is 2.61. The van der Waals surface area contributed by atoms with Gasteiger partial charge >= 0.3 is 0 Å². The first-order valence-corrected chi connectivity index (χ1v) is 6.22. The van der Waals surface area contributed by atoms with Crippen molar-refractivity contribution in [3.63, 3.8) is 0 Å². The molecule has 1 heterocycles. The number of aliphatic hydroxyl groups is 1. The van der Waals surface area contributed by atoms with Crippen molar-refractivity contribution in [2.45, 2.75) is 44.0 Å². The lowest BCUT2D eigenvalue weighted by Crippen LogP contribution is -2.08. The zero-order valence-electron chi connectivity index (χ0n) is 8.37. The van der Waals surface area contributed by atoms with Crippen molar-refractivity contribution in [2.24, 2.45) is 0 Å². The molecular weight excluding hydrogens is 184 g/mol. The van der Waals surface area contributed by atoms with Gasteiger partial charge in [0.1, 0.15) is 0 Å². The molecule has 1 saturated heterocycles. The first-order valence-electron chi connectivity index (χ1n) is 5.17. The molecule has 2 nitrogen and oxygen atoms in total. The quantitative estimate of drug-likeness (QED) is 0.718. The van der Waals surface area contributed by atoms with Crippen molar-refractivity contribution >= 4 is 11.8 Å². The fourth-order valence-electron chi connectivity index (χ4n) is 1.54. The maximum atomic E-state index is 8.71. The van der Waals surface area contributed by atoms with Crippen LogP contribution in [0.25, 0.3) is 0 Å². The van der Waals surface area contributed by atoms with Crippen molar-refractivity contribution in [1.29, 1.82) is 0 Å². The number of rotatable bonds is 6. The minimum absolute atomic E-state index is 0.314. The van der Waals surface area contributed by atoms with Crippen molar-refractivity contribution in [3.8, 4) is 0 Å². The molecule has 0 saturated carbocycles. The summed E-state index contributed by atoms with van der Waals surface area (Å²) in [5.74, 6) is 1.17. The Hall–Kier alpha value is 0.270.